The van der Waals surface area contributed by atoms with Crippen molar-refractivity contribution in [2.24, 2.45) is 0 Å². The minimum absolute atomic E-state index is 0.399. The molecule has 0 bridgehead atoms. The van der Waals surface area contributed by atoms with Crippen LogP contribution in [0.5, 0.6) is 0 Å². The third-order valence-electron chi connectivity index (χ3n) is 3.32. The smallest absolute Gasteiger partial charge is 0.407 e. The Bertz CT molecular complexity index is 543. The molecular weight excluding hydrogens is 292 g/mol. The summed E-state index contributed by atoms with van der Waals surface area (Å²) in [6.45, 7) is 9.38. The maximum Gasteiger partial charge on any atom is 0.407 e. The van der Waals surface area contributed by atoms with Gasteiger partial charge >= 0.3 is 6.09 Å². The number of hydrogen-bond donors (Lipinski definition) is 1. The first kappa shape index (κ1) is 17.3. The van der Waals surface area contributed by atoms with Crippen molar-refractivity contribution >= 4 is 17.9 Å². The number of morpholine rings is 1. The molecule has 5 nitrogen and oxygen atoms in total. The largest absolute Gasteiger partial charge is 0.444 e. The fourth-order valence-corrected chi connectivity index (χ4v) is 2.30. The SMILES string of the molecule is CC(C)(C)OC(=O)NCC=Cc1cccc(N2CCOCC2)c1. The molecule has 126 valence electrons. The predicted molar refractivity (Wildman–Crippen MR) is 92.7 cm³/mol. The van der Waals surface area contributed by atoms with E-state index in [-0.39, 0.29) is 0 Å². The number of carbonyl (C=O) groups excluding carboxylic acids is 1. The molecule has 0 spiro atoms. The van der Waals surface area contributed by atoms with Gasteiger partial charge in [-0.1, -0.05) is 24.3 Å². The van der Waals surface area contributed by atoms with Gasteiger partial charge in [-0.25, -0.2) is 4.79 Å². The van der Waals surface area contributed by atoms with Crippen molar-refractivity contribution in [3.05, 3.63) is 35.9 Å². The molecule has 1 heterocycles. The van der Waals surface area contributed by atoms with Crippen LogP contribution in [0.15, 0.2) is 30.3 Å². The Hall–Kier alpha value is -2.01. The minimum Gasteiger partial charge on any atom is -0.444 e. The summed E-state index contributed by atoms with van der Waals surface area (Å²) >= 11 is 0. The third-order valence-corrected chi connectivity index (χ3v) is 3.32. The van der Waals surface area contributed by atoms with E-state index in [9.17, 15) is 4.79 Å². The first-order valence-electron chi connectivity index (χ1n) is 8.00. The molecule has 1 N–H and O–H groups in total. The summed E-state index contributed by atoms with van der Waals surface area (Å²) in [6, 6.07) is 8.36. The summed E-state index contributed by atoms with van der Waals surface area (Å²) in [5.41, 5.74) is 1.84. The van der Waals surface area contributed by atoms with Crippen LogP contribution in [-0.4, -0.2) is 44.5 Å². The van der Waals surface area contributed by atoms with E-state index in [1.54, 1.807) is 0 Å². The highest BCUT2D eigenvalue weighted by molar-refractivity contribution is 5.68. The summed E-state index contributed by atoms with van der Waals surface area (Å²) < 4.78 is 10.6. The van der Waals surface area contributed by atoms with E-state index < -0.39 is 11.7 Å². The Morgan fingerprint density at radius 1 is 1.35 bits per heavy atom. The van der Waals surface area contributed by atoms with Crippen molar-refractivity contribution in [1.29, 1.82) is 0 Å². The zero-order valence-corrected chi connectivity index (χ0v) is 14.2. The number of hydrogen-bond acceptors (Lipinski definition) is 4. The van der Waals surface area contributed by atoms with Crippen molar-refractivity contribution in [2.45, 2.75) is 26.4 Å². The van der Waals surface area contributed by atoms with Gasteiger partial charge in [-0.15, -0.1) is 0 Å². The number of nitrogens with one attached hydrogen (secondary N) is 1. The summed E-state index contributed by atoms with van der Waals surface area (Å²) in [5.74, 6) is 0. The van der Waals surface area contributed by atoms with Gasteiger partial charge in [-0.2, -0.15) is 0 Å². The zero-order valence-electron chi connectivity index (χ0n) is 14.2. The molecule has 1 aliphatic heterocycles. The number of alkyl carbamates (subject to hydrolysis) is 1. The quantitative estimate of drug-likeness (QED) is 0.927. The summed E-state index contributed by atoms with van der Waals surface area (Å²) in [5, 5.41) is 2.71. The first-order valence-corrected chi connectivity index (χ1v) is 8.00. The molecule has 0 radical (unpaired) electrons. The Balaban J connectivity index is 1.84. The van der Waals surface area contributed by atoms with Crippen LogP contribution in [0.25, 0.3) is 6.08 Å². The van der Waals surface area contributed by atoms with Gasteiger partial charge in [-0.3, -0.25) is 0 Å². The molecule has 1 aliphatic rings. The molecule has 1 fully saturated rings. The molecule has 1 saturated heterocycles. The molecule has 2 rings (SSSR count). The van der Waals surface area contributed by atoms with Crippen LogP contribution in [-0.2, 0) is 9.47 Å². The van der Waals surface area contributed by atoms with Crippen LogP contribution in [0.3, 0.4) is 0 Å². The number of ether oxygens (including phenoxy) is 2. The number of carbonyl (C=O) groups is 1. The van der Waals surface area contributed by atoms with Crippen LogP contribution >= 0.6 is 0 Å². The minimum atomic E-state index is -0.472. The molecule has 23 heavy (non-hydrogen) atoms. The monoisotopic (exact) mass is 318 g/mol. The van der Waals surface area contributed by atoms with Crippen molar-refractivity contribution in [2.75, 3.05) is 37.7 Å². The Morgan fingerprint density at radius 3 is 2.78 bits per heavy atom. The second-order valence-corrected chi connectivity index (χ2v) is 6.48. The number of amides is 1. The molecule has 0 atom stereocenters. The van der Waals surface area contributed by atoms with E-state index in [4.69, 9.17) is 9.47 Å². The van der Waals surface area contributed by atoms with E-state index in [0.29, 0.717) is 6.54 Å². The summed E-state index contributed by atoms with van der Waals surface area (Å²) in [7, 11) is 0. The normalized spacial score (nSPS) is 15.7. The van der Waals surface area contributed by atoms with Crippen LogP contribution in [0, 0.1) is 0 Å². The highest BCUT2D eigenvalue weighted by atomic mass is 16.6. The van der Waals surface area contributed by atoms with Gasteiger partial charge in [0.15, 0.2) is 0 Å². The average Bonchev–Trinajstić information content (AvgIpc) is 2.51. The number of benzene rings is 1. The van der Waals surface area contributed by atoms with Gasteiger partial charge in [0.05, 0.1) is 13.2 Å². The highest BCUT2D eigenvalue weighted by Crippen LogP contribution is 2.18. The number of rotatable bonds is 4. The van der Waals surface area contributed by atoms with Crippen molar-refractivity contribution in [3.8, 4) is 0 Å². The van der Waals surface area contributed by atoms with Crippen LogP contribution in [0.4, 0.5) is 10.5 Å². The molecule has 5 heteroatoms. The maximum atomic E-state index is 11.5. The van der Waals surface area contributed by atoms with E-state index in [1.165, 1.54) is 5.69 Å². The number of nitrogens with zero attached hydrogens (tertiary/aromatic N) is 1. The van der Waals surface area contributed by atoms with Gasteiger partial charge in [0.2, 0.25) is 0 Å². The van der Waals surface area contributed by atoms with E-state index in [2.05, 4.69) is 22.3 Å². The first-order chi connectivity index (χ1) is 10.9. The van der Waals surface area contributed by atoms with Crippen LogP contribution in [0.2, 0.25) is 0 Å². The van der Waals surface area contributed by atoms with Gasteiger partial charge in [0.1, 0.15) is 5.60 Å². The third kappa shape index (κ3) is 6.32. The lowest BCUT2D eigenvalue weighted by Crippen LogP contribution is -2.36. The molecule has 1 amide bonds. The summed E-state index contributed by atoms with van der Waals surface area (Å²) in [4.78, 5) is 13.9. The van der Waals surface area contributed by atoms with Crippen molar-refractivity contribution in [3.63, 3.8) is 0 Å². The molecule has 1 aromatic rings. The van der Waals surface area contributed by atoms with Gasteiger partial charge in [-0.05, 0) is 38.5 Å². The Kier molecular flexibility index (Phi) is 6.04. The van der Waals surface area contributed by atoms with E-state index in [1.807, 2.05) is 45.1 Å². The summed E-state index contributed by atoms with van der Waals surface area (Å²) in [6.07, 6.45) is 3.52. The molecule has 0 unspecified atom stereocenters. The van der Waals surface area contributed by atoms with E-state index in [0.717, 1.165) is 31.9 Å². The predicted octanol–water partition coefficient (Wildman–Crippen LogP) is 3.06. The zero-order chi connectivity index (χ0) is 16.7. The van der Waals surface area contributed by atoms with Gasteiger partial charge in [0.25, 0.3) is 0 Å². The Morgan fingerprint density at radius 2 is 2.09 bits per heavy atom. The average molecular weight is 318 g/mol. The van der Waals surface area contributed by atoms with Gasteiger partial charge < -0.3 is 19.7 Å². The topological polar surface area (TPSA) is 50.8 Å². The number of anilines is 1. The second-order valence-electron chi connectivity index (χ2n) is 6.48. The Labute approximate surface area is 138 Å². The molecule has 0 saturated carbocycles. The van der Waals surface area contributed by atoms with Crippen LogP contribution < -0.4 is 10.2 Å². The maximum absolute atomic E-state index is 11.5. The van der Waals surface area contributed by atoms with Crippen molar-refractivity contribution < 1.29 is 14.3 Å². The lowest BCUT2D eigenvalue weighted by molar-refractivity contribution is 0.0534. The second kappa shape index (κ2) is 8.02. The molecule has 1 aromatic carbocycles. The lowest BCUT2D eigenvalue weighted by Gasteiger charge is -2.29. The van der Waals surface area contributed by atoms with Crippen molar-refractivity contribution in [1.82, 2.24) is 5.32 Å². The highest BCUT2D eigenvalue weighted by Gasteiger charge is 2.15. The van der Waals surface area contributed by atoms with Crippen LogP contribution in [0.1, 0.15) is 26.3 Å². The molecule has 0 aliphatic carbocycles. The van der Waals surface area contributed by atoms with E-state index >= 15 is 0 Å². The molecular formula is C18H26N2O3. The fraction of sp³-hybridized carbons (Fsp3) is 0.500. The standard InChI is InChI=1S/C18H26N2O3/c1-18(2,3)23-17(21)19-9-5-7-15-6-4-8-16(14-15)20-10-12-22-13-11-20/h4-8,14H,9-13H2,1-3H3,(H,19,21). The van der Waals surface area contributed by atoms with Gasteiger partial charge in [0, 0.05) is 25.3 Å². The molecule has 0 aromatic heterocycles. The fourth-order valence-electron chi connectivity index (χ4n) is 2.30. The lowest BCUT2D eigenvalue weighted by atomic mass is 10.1.